The Morgan fingerprint density at radius 3 is 2.72 bits per heavy atom. The Morgan fingerprint density at radius 1 is 1.17 bits per heavy atom. The minimum atomic E-state index is -0.665. The quantitative estimate of drug-likeness (QED) is 0.649. The van der Waals surface area contributed by atoms with E-state index in [2.05, 4.69) is 10.2 Å². The van der Waals surface area contributed by atoms with Gasteiger partial charge in [0.2, 0.25) is 0 Å². The van der Waals surface area contributed by atoms with Crippen molar-refractivity contribution in [3.05, 3.63) is 77.7 Å². The van der Waals surface area contributed by atoms with E-state index < -0.39 is 18.0 Å². The van der Waals surface area contributed by atoms with E-state index in [1.807, 2.05) is 30.3 Å². The number of amides is 1. The first-order valence-corrected chi connectivity index (χ1v) is 10.1. The number of aromatic amines is 1. The molecule has 3 aromatic rings. The summed E-state index contributed by atoms with van der Waals surface area (Å²) < 4.78 is 19.3. The van der Waals surface area contributed by atoms with Gasteiger partial charge in [0.15, 0.2) is 6.61 Å². The molecule has 2 heterocycles. The minimum absolute atomic E-state index is 0.165. The summed E-state index contributed by atoms with van der Waals surface area (Å²) in [5.41, 5.74) is 2.09. The molecule has 148 valence electrons. The first-order valence-electron chi connectivity index (χ1n) is 9.07. The summed E-state index contributed by atoms with van der Waals surface area (Å²) in [4.78, 5) is 26.4. The fourth-order valence-electron chi connectivity index (χ4n) is 3.13. The van der Waals surface area contributed by atoms with Crippen LogP contribution < -0.4 is 0 Å². The second-order valence-corrected chi connectivity index (χ2v) is 7.63. The summed E-state index contributed by atoms with van der Waals surface area (Å²) >= 11 is 1.49. The summed E-state index contributed by atoms with van der Waals surface area (Å²) in [5.74, 6) is -0.686. The van der Waals surface area contributed by atoms with Gasteiger partial charge in [-0.1, -0.05) is 48.5 Å². The highest BCUT2D eigenvalue weighted by molar-refractivity contribution is 7.99. The number of esters is 1. The van der Waals surface area contributed by atoms with Crippen molar-refractivity contribution >= 4 is 23.6 Å². The molecule has 1 N–H and O–H groups in total. The predicted octanol–water partition coefficient (Wildman–Crippen LogP) is 3.65. The molecule has 1 aliphatic heterocycles. The van der Waals surface area contributed by atoms with E-state index in [0.29, 0.717) is 23.6 Å². The third-order valence-corrected chi connectivity index (χ3v) is 5.82. The van der Waals surface area contributed by atoms with Crippen LogP contribution in [0.3, 0.4) is 0 Å². The van der Waals surface area contributed by atoms with E-state index in [1.54, 1.807) is 29.2 Å². The van der Waals surface area contributed by atoms with Gasteiger partial charge in [-0.15, -0.1) is 11.8 Å². The molecule has 6 nitrogen and oxygen atoms in total. The summed E-state index contributed by atoms with van der Waals surface area (Å²) in [6.07, 6.45) is 0. The standard InChI is InChI=1S/C21H18FN3O3S/c22-16-9-5-4-8-15(16)20-25(10-11-29-20)19(26)13-28-21(27)18-12-17(23-24-18)14-6-2-1-3-7-14/h1-9,12,20H,10-11,13H2,(H,23,24)/t20-/m1/s1. The fourth-order valence-corrected chi connectivity index (χ4v) is 4.43. The van der Waals surface area contributed by atoms with Gasteiger partial charge in [0, 0.05) is 23.4 Å². The van der Waals surface area contributed by atoms with Gasteiger partial charge in [0.25, 0.3) is 5.91 Å². The average molecular weight is 411 g/mol. The van der Waals surface area contributed by atoms with Crippen LogP contribution in [0.5, 0.6) is 0 Å². The monoisotopic (exact) mass is 411 g/mol. The normalized spacial score (nSPS) is 16.0. The molecule has 0 bridgehead atoms. The molecule has 0 saturated carbocycles. The van der Waals surface area contributed by atoms with Crippen molar-refractivity contribution in [2.75, 3.05) is 18.9 Å². The third kappa shape index (κ3) is 4.17. The minimum Gasteiger partial charge on any atom is -0.451 e. The van der Waals surface area contributed by atoms with E-state index >= 15 is 0 Å². The van der Waals surface area contributed by atoms with Gasteiger partial charge < -0.3 is 9.64 Å². The number of carbonyl (C=O) groups excluding carboxylic acids is 2. The van der Waals surface area contributed by atoms with Crippen molar-refractivity contribution in [3.8, 4) is 11.3 Å². The number of nitrogens with one attached hydrogen (secondary N) is 1. The maximum Gasteiger partial charge on any atom is 0.356 e. The molecule has 1 atom stereocenters. The Kier molecular flexibility index (Phi) is 5.62. The highest BCUT2D eigenvalue weighted by Gasteiger charge is 2.32. The molecule has 8 heteroatoms. The van der Waals surface area contributed by atoms with Gasteiger partial charge in [-0.3, -0.25) is 9.89 Å². The number of benzene rings is 2. The van der Waals surface area contributed by atoms with E-state index in [0.717, 1.165) is 5.56 Å². The molecule has 29 heavy (non-hydrogen) atoms. The second kappa shape index (κ2) is 8.48. The number of aromatic nitrogens is 2. The number of halogens is 1. The third-order valence-electron chi connectivity index (χ3n) is 4.58. The van der Waals surface area contributed by atoms with Crippen molar-refractivity contribution in [1.29, 1.82) is 0 Å². The maximum absolute atomic E-state index is 14.1. The fraction of sp³-hybridized carbons (Fsp3) is 0.190. The zero-order chi connectivity index (χ0) is 20.2. The van der Waals surface area contributed by atoms with Crippen molar-refractivity contribution < 1.29 is 18.7 Å². The van der Waals surface area contributed by atoms with Crippen LogP contribution in [0.1, 0.15) is 21.4 Å². The van der Waals surface area contributed by atoms with Crippen molar-refractivity contribution in [2.45, 2.75) is 5.37 Å². The molecular formula is C21H18FN3O3S. The smallest absolute Gasteiger partial charge is 0.356 e. The first-order chi connectivity index (χ1) is 14.1. The lowest BCUT2D eigenvalue weighted by atomic mass is 10.1. The van der Waals surface area contributed by atoms with Crippen molar-refractivity contribution in [2.24, 2.45) is 0 Å². The molecule has 1 saturated heterocycles. The van der Waals surface area contributed by atoms with E-state index in [9.17, 15) is 14.0 Å². The molecule has 1 aromatic heterocycles. The summed E-state index contributed by atoms with van der Waals surface area (Å²) in [5, 5.41) is 6.33. The Bertz CT molecular complexity index is 1020. The predicted molar refractivity (Wildman–Crippen MR) is 108 cm³/mol. The van der Waals surface area contributed by atoms with Crippen LogP contribution in [0.25, 0.3) is 11.3 Å². The zero-order valence-corrected chi connectivity index (χ0v) is 16.2. The Morgan fingerprint density at radius 2 is 1.93 bits per heavy atom. The van der Waals surface area contributed by atoms with Crippen LogP contribution in [0.4, 0.5) is 4.39 Å². The molecule has 0 radical (unpaired) electrons. The molecule has 0 aliphatic carbocycles. The van der Waals surface area contributed by atoms with Gasteiger partial charge in [0.1, 0.15) is 16.9 Å². The van der Waals surface area contributed by atoms with Gasteiger partial charge in [-0.05, 0) is 12.1 Å². The van der Waals surface area contributed by atoms with E-state index in [-0.39, 0.29) is 17.4 Å². The molecular weight excluding hydrogens is 393 g/mol. The largest absolute Gasteiger partial charge is 0.451 e. The molecule has 0 spiro atoms. The molecule has 1 amide bonds. The Balaban J connectivity index is 1.39. The van der Waals surface area contributed by atoms with Gasteiger partial charge in [-0.25, -0.2) is 9.18 Å². The average Bonchev–Trinajstić information content (AvgIpc) is 3.43. The molecule has 1 aliphatic rings. The number of carbonyl (C=O) groups is 2. The van der Waals surface area contributed by atoms with Crippen molar-refractivity contribution in [3.63, 3.8) is 0 Å². The topological polar surface area (TPSA) is 75.3 Å². The number of hydrogen-bond donors (Lipinski definition) is 1. The maximum atomic E-state index is 14.1. The molecule has 4 rings (SSSR count). The summed E-state index contributed by atoms with van der Waals surface area (Å²) in [6, 6.07) is 17.4. The van der Waals surface area contributed by atoms with Crippen molar-refractivity contribution in [1.82, 2.24) is 15.1 Å². The van der Waals surface area contributed by atoms with Crippen LogP contribution in [0, 0.1) is 5.82 Å². The SMILES string of the molecule is O=C(OCC(=O)N1CCS[C@@H]1c1ccccc1F)c1cc(-c2ccccc2)n[nH]1. The zero-order valence-electron chi connectivity index (χ0n) is 15.4. The van der Waals surface area contributed by atoms with E-state index in [4.69, 9.17) is 4.74 Å². The highest BCUT2D eigenvalue weighted by Crippen LogP contribution is 2.38. The second-order valence-electron chi connectivity index (χ2n) is 6.44. The molecule has 2 aromatic carbocycles. The number of H-pyrrole nitrogens is 1. The van der Waals surface area contributed by atoms with Gasteiger partial charge in [-0.2, -0.15) is 5.10 Å². The van der Waals surface area contributed by atoms with Crippen LogP contribution in [0.15, 0.2) is 60.7 Å². The highest BCUT2D eigenvalue weighted by atomic mass is 32.2. The van der Waals surface area contributed by atoms with Gasteiger partial charge >= 0.3 is 5.97 Å². The van der Waals surface area contributed by atoms with Crippen LogP contribution in [-0.2, 0) is 9.53 Å². The van der Waals surface area contributed by atoms with Crippen LogP contribution in [0.2, 0.25) is 0 Å². The number of ether oxygens (including phenoxy) is 1. The molecule has 1 fully saturated rings. The summed E-state index contributed by atoms with van der Waals surface area (Å²) in [6.45, 7) is 0.0618. The number of thioether (sulfide) groups is 1. The Labute approximate surface area is 171 Å². The number of nitrogens with zero attached hydrogens (tertiary/aromatic N) is 2. The lowest BCUT2D eigenvalue weighted by Crippen LogP contribution is -2.34. The number of rotatable bonds is 5. The van der Waals surface area contributed by atoms with Gasteiger partial charge in [0.05, 0.1) is 5.69 Å². The lowest BCUT2D eigenvalue weighted by Gasteiger charge is -2.24. The Hall–Kier alpha value is -3.13. The summed E-state index contributed by atoms with van der Waals surface area (Å²) in [7, 11) is 0. The number of hydrogen-bond acceptors (Lipinski definition) is 5. The molecule has 0 unspecified atom stereocenters. The van der Waals surface area contributed by atoms with Crippen LogP contribution >= 0.6 is 11.8 Å². The van der Waals surface area contributed by atoms with E-state index in [1.165, 1.54) is 17.8 Å². The van der Waals surface area contributed by atoms with Crippen LogP contribution in [-0.4, -0.2) is 45.9 Å². The first kappa shape index (κ1) is 19.2. The lowest BCUT2D eigenvalue weighted by molar-refractivity contribution is -0.134.